The number of nitrogens with zero attached hydrogens (tertiary/aromatic N) is 1. The van der Waals surface area contributed by atoms with E-state index >= 15 is 0 Å². The van der Waals surface area contributed by atoms with Gasteiger partial charge in [-0.1, -0.05) is 124 Å². The summed E-state index contributed by atoms with van der Waals surface area (Å²) in [6.45, 7) is 23.2. The molecule has 1 radical (unpaired) electrons. The van der Waals surface area contributed by atoms with Crippen molar-refractivity contribution in [2.45, 2.75) is 188 Å². The van der Waals surface area contributed by atoms with Gasteiger partial charge in [0.15, 0.2) is 0 Å². The summed E-state index contributed by atoms with van der Waals surface area (Å²) in [4.78, 5) is 26.7. The molecule has 1 aromatic rings. The Hall–Kier alpha value is -1.47. The van der Waals surface area contributed by atoms with Crippen molar-refractivity contribution in [2.75, 3.05) is 12.0 Å². The molecule has 0 bridgehead atoms. The minimum absolute atomic E-state index is 0.0556. The number of unbranched alkanes of at least 4 members (excludes halogenated alkanes) is 4. The van der Waals surface area contributed by atoms with Crippen LogP contribution in [0.15, 0.2) is 18.2 Å². The number of esters is 1. The number of hydrogen-bond donors (Lipinski definition) is 1. The SMILES string of the molecule is CCC(C)C(=O)OC.CCCC1CC(N2C(=O)C(CCC)(CCC)c3ccc([B]OC(C)(C)C(C)(C)S)cc32)C1.CCCCCCC. The first kappa shape index (κ1) is 43.6. The summed E-state index contributed by atoms with van der Waals surface area (Å²) in [7, 11) is 3.26. The summed E-state index contributed by atoms with van der Waals surface area (Å²) in [5.41, 5.74) is 2.59. The second kappa shape index (κ2) is 20.9. The highest BCUT2D eigenvalue weighted by atomic mass is 32.1. The van der Waals surface area contributed by atoms with E-state index in [1.165, 1.54) is 57.6 Å². The molecule has 1 aromatic carbocycles. The normalized spacial score (nSPS) is 19.0. The zero-order chi connectivity index (χ0) is 35.8. The van der Waals surface area contributed by atoms with E-state index in [2.05, 4.69) is 90.1 Å². The standard InChI is InChI=1S/C27H43BNO2S.C7H16.C6H12O2/c1-8-11-19-16-21(17-19)29-23-18-20(28-31-25(4,5)26(6,7)32)12-13-22(23)27(14-9-2,15-10-3)24(29)30;1-3-5-7-6-4-2;1-4-5(2)6(7)8-3/h12-13,18-19,21,32H,8-11,14-17H2,1-7H3;3-7H2,1-2H3;5H,4H2,1-3H3. The van der Waals surface area contributed by atoms with Gasteiger partial charge in [-0.25, -0.2) is 0 Å². The van der Waals surface area contributed by atoms with Crippen LogP contribution in [0.25, 0.3) is 0 Å². The summed E-state index contributed by atoms with van der Waals surface area (Å²) in [6, 6.07) is 6.86. The molecule has 1 unspecified atom stereocenters. The Bertz CT molecular complexity index is 1050. The fraction of sp³-hybridized carbons (Fsp3) is 0.800. The van der Waals surface area contributed by atoms with Crippen LogP contribution < -0.4 is 10.4 Å². The number of carbonyl (C=O) groups excluding carboxylic acids is 2. The summed E-state index contributed by atoms with van der Waals surface area (Å²) >= 11 is 4.72. The number of ether oxygens (including phenoxy) is 1. The van der Waals surface area contributed by atoms with Gasteiger partial charge in [-0.05, 0) is 77.3 Å². The van der Waals surface area contributed by atoms with Gasteiger partial charge in [-0.2, -0.15) is 12.6 Å². The van der Waals surface area contributed by atoms with E-state index in [0.29, 0.717) is 11.9 Å². The lowest BCUT2D eigenvalue weighted by molar-refractivity contribution is -0.144. The Morgan fingerprint density at radius 2 is 1.53 bits per heavy atom. The van der Waals surface area contributed by atoms with Crippen molar-refractivity contribution in [2.24, 2.45) is 11.8 Å². The number of methoxy groups -OCH3 is 1. The van der Waals surface area contributed by atoms with Crippen LogP contribution in [0.5, 0.6) is 0 Å². The van der Waals surface area contributed by atoms with Crippen LogP contribution in [-0.4, -0.2) is 42.9 Å². The molecular weight excluding hydrogens is 601 g/mol. The molecule has 1 aliphatic heterocycles. The van der Waals surface area contributed by atoms with Gasteiger partial charge in [-0.15, -0.1) is 0 Å². The highest BCUT2D eigenvalue weighted by Gasteiger charge is 2.53. The lowest BCUT2D eigenvalue weighted by Crippen LogP contribution is -2.50. The molecule has 1 heterocycles. The molecule has 2 aliphatic rings. The third kappa shape index (κ3) is 12.1. The largest absolute Gasteiger partial charge is 0.469 e. The van der Waals surface area contributed by atoms with Crippen molar-refractivity contribution in [1.29, 1.82) is 0 Å². The number of benzene rings is 1. The first-order valence-electron chi connectivity index (χ1n) is 18.9. The first-order chi connectivity index (χ1) is 22.1. The molecule has 0 saturated heterocycles. The van der Waals surface area contributed by atoms with Crippen LogP contribution in [0, 0.1) is 11.8 Å². The molecule has 1 amide bonds. The van der Waals surface area contributed by atoms with Crippen molar-refractivity contribution in [3.8, 4) is 0 Å². The Labute approximate surface area is 296 Å². The average Bonchev–Trinajstić information content (AvgIpc) is 3.24. The Balaban J connectivity index is 0.000000610. The minimum atomic E-state index is -0.417. The van der Waals surface area contributed by atoms with E-state index in [4.69, 9.17) is 17.3 Å². The van der Waals surface area contributed by atoms with Gasteiger partial charge < -0.3 is 14.3 Å². The number of fused-ring (bicyclic) bond motifs is 1. The highest BCUT2D eigenvalue weighted by Crippen LogP contribution is 2.51. The molecule has 0 aromatic heterocycles. The van der Waals surface area contributed by atoms with Crippen LogP contribution in [0.1, 0.15) is 172 Å². The first-order valence-corrected chi connectivity index (χ1v) is 19.4. The van der Waals surface area contributed by atoms with E-state index in [0.717, 1.165) is 62.0 Å². The number of anilines is 1. The topological polar surface area (TPSA) is 55.8 Å². The number of rotatable bonds is 17. The summed E-state index contributed by atoms with van der Waals surface area (Å²) < 4.78 is 10.4. The minimum Gasteiger partial charge on any atom is -0.469 e. The summed E-state index contributed by atoms with van der Waals surface area (Å²) in [5.74, 6) is 1.05. The Morgan fingerprint density at radius 3 is 1.96 bits per heavy atom. The Kier molecular flexibility index (Phi) is 19.4. The number of amides is 1. The molecule has 1 fully saturated rings. The fourth-order valence-electron chi connectivity index (χ4n) is 6.46. The van der Waals surface area contributed by atoms with E-state index in [1.807, 2.05) is 21.3 Å². The number of thiol groups is 1. The number of carbonyl (C=O) groups is 2. The van der Waals surface area contributed by atoms with E-state index in [1.54, 1.807) is 0 Å². The van der Waals surface area contributed by atoms with Crippen molar-refractivity contribution >= 4 is 43.1 Å². The molecule has 1 saturated carbocycles. The van der Waals surface area contributed by atoms with Crippen LogP contribution in [-0.2, 0) is 24.4 Å². The van der Waals surface area contributed by atoms with Crippen LogP contribution in [0.2, 0.25) is 0 Å². The van der Waals surface area contributed by atoms with E-state index < -0.39 is 5.60 Å². The molecular formula is C40H71BNO4S. The molecule has 1 aliphatic carbocycles. The summed E-state index contributed by atoms with van der Waals surface area (Å²) in [5, 5.41) is 0. The van der Waals surface area contributed by atoms with Crippen LogP contribution in [0.4, 0.5) is 5.69 Å². The van der Waals surface area contributed by atoms with Crippen molar-refractivity contribution < 1.29 is 19.0 Å². The zero-order valence-corrected chi connectivity index (χ0v) is 33.4. The predicted octanol–water partition coefficient (Wildman–Crippen LogP) is 10.4. The molecule has 47 heavy (non-hydrogen) atoms. The van der Waals surface area contributed by atoms with Gasteiger partial charge in [0.2, 0.25) is 5.91 Å². The summed E-state index contributed by atoms with van der Waals surface area (Å²) in [6.07, 6.45) is 16.5. The van der Waals surface area contributed by atoms with Crippen molar-refractivity contribution in [3.05, 3.63) is 23.8 Å². The zero-order valence-electron chi connectivity index (χ0n) is 32.5. The molecule has 7 heteroatoms. The van der Waals surface area contributed by atoms with E-state index in [9.17, 15) is 9.59 Å². The van der Waals surface area contributed by atoms with Crippen LogP contribution >= 0.6 is 12.6 Å². The van der Waals surface area contributed by atoms with Gasteiger partial charge in [-0.3, -0.25) is 9.59 Å². The van der Waals surface area contributed by atoms with Gasteiger partial charge in [0.25, 0.3) is 0 Å². The Morgan fingerprint density at radius 1 is 0.957 bits per heavy atom. The molecule has 0 N–H and O–H groups in total. The number of hydrogen-bond acceptors (Lipinski definition) is 5. The monoisotopic (exact) mass is 673 g/mol. The smallest absolute Gasteiger partial charge is 0.330 e. The lowest BCUT2D eigenvalue weighted by atomic mass is 9.73. The maximum Gasteiger partial charge on any atom is 0.330 e. The van der Waals surface area contributed by atoms with Crippen molar-refractivity contribution in [1.82, 2.24) is 0 Å². The van der Waals surface area contributed by atoms with E-state index in [-0.39, 0.29) is 22.0 Å². The van der Waals surface area contributed by atoms with Gasteiger partial charge in [0.1, 0.15) is 0 Å². The van der Waals surface area contributed by atoms with Gasteiger partial charge in [0, 0.05) is 16.5 Å². The molecule has 3 rings (SSSR count). The molecule has 1 atom stereocenters. The third-order valence-electron chi connectivity index (χ3n) is 10.4. The third-order valence-corrected chi connectivity index (χ3v) is 11.0. The lowest BCUT2D eigenvalue weighted by Gasteiger charge is -2.42. The predicted molar refractivity (Wildman–Crippen MR) is 206 cm³/mol. The van der Waals surface area contributed by atoms with Gasteiger partial charge >= 0.3 is 13.5 Å². The second-order valence-electron chi connectivity index (χ2n) is 15.0. The second-order valence-corrected chi connectivity index (χ2v) is 16.1. The maximum absolute atomic E-state index is 14.0. The molecule has 0 spiro atoms. The molecule has 269 valence electrons. The maximum atomic E-state index is 14.0. The average molecular weight is 673 g/mol. The van der Waals surface area contributed by atoms with Crippen LogP contribution in [0.3, 0.4) is 0 Å². The fourth-order valence-corrected chi connectivity index (χ4v) is 6.52. The molecule has 5 nitrogen and oxygen atoms in total. The van der Waals surface area contributed by atoms with Crippen molar-refractivity contribution in [3.63, 3.8) is 0 Å². The highest BCUT2D eigenvalue weighted by molar-refractivity contribution is 7.81. The quantitative estimate of drug-likeness (QED) is 0.0775. The van der Waals surface area contributed by atoms with Gasteiger partial charge in [0.05, 0.1) is 24.0 Å².